The lowest BCUT2D eigenvalue weighted by Gasteiger charge is -2.39. The number of imidazole rings is 1. The highest BCUT2D eigenvalue weighted by atomic mass is 33.1. The number of hydrogen-bond donors (Lipinski definition) is 7. The fourth-order valence-electron chi connectivity index (χ4n) is 11.4. The first-order chi connectivity index (χ1) is 37.0. The molecule has 0 spiro atoms. The maximum absolute atomic E-state index is 14.0. The van der Waals surface area contributed by atoms with Gasteiger partial charge in [0.1, 0.15) is 42.9 Å². The minimum atomic E-state index is -5.82. The highest BCUT2D eigenvalue weighted by Crippen LogP contribution is 2.66. The van der Waals surface area contributed by atoms with Crippen LogP contribution in [0.2, 0.25) is 0 Å². The number of ether oxygens (including phenoxy) is 3. The number of nitrogen functional groups attached to an aromatic ring is 1. The van der Waals surface area contributed by atoms with Crippen LogP contribution in [0.25, 0.3) is 16.7 Å². The Bertz CT molecular complexity index is 3660. The van der Waals surface area contributed by atoms with Crippen molar-refractivity contribution in [1.29, 1.82) is 0 Å². The summed E-state index contributed by atoms with van der Waals surface area (Å²) in [4.78, 5) is 90.5. The van der Waals surface area contributed by atoms with Gasteiger partial charge in [-0.2, -0.15) is 13.6 Å². The van der Waals surface area contributed by atoms with Gasteiger partial charge in [-0.3, -0.25) is 23.7 Å². The molecule has 8 N–H and O–H groups in total. The molecule has 2 aromatic heterocycles. The van der Waals surface area contributed by atoms with E-state index in [4.69, 9.17) is 34.3 Å². The van der Waals surface area contributed by atoms with Crippen LogP contribution in [0.5, 0.6) is 11.5 Å². The summed E-state index contributed by atoms with van der Waals surface area (Å²) in [6.07, 6.45) is 5.62. The number of aryl methyl sites for hydroxylation is 2. The van der Waals surface area contributed by atoms with Gasteiger partial charge in [0.2, 0.25) is 11.3 Å². The first kappa shape index (κ1) is 55.0. The summed E-state index contributed by atoms with van der Waals surface area (Å²) in [5.41, 5.74) is 13.2. The lowest BCUT2D eigenvalue weighted by Crippen LogP contribution is -2.45. The monoisotopic (exact) mass is 1170 g/mol. The molecule has 0 radical (unpaired) electrons. The molecule has 25 nitrogen and oxygen atoms in total. The SMILES string of the molecule is CC(C)(CNC(=O)c1ccc(C2=c3cc4c5c(c3Oc3c2cc2c6c3CCCN6CCC2)CCC[N+]=5CCC4)c(C(=O)[O-])c1)SSCO[C@@H]1C[C@H](n2cnc3c(=O)[nH]c(N)nc32)O[C@@H]1COP(=O)(O)OP(=O)(O)OP(=O)(O)O. The van der Waals surface area contributed by atoms with Gasteiger partial charge in [-0.1, -0.05) is 27.7 Å². The molecule has 1 amide bonds. The molecule has 30 heteroatoms. The molecule has 2 unspecified atom stereocenters. The number of amides is 1. The number of rotatable bonds is 18. The number of phosphoric acid groups is 3. The molecule has 6 aliphatic rings. The van der Waals surface area contributed by atoms with E-state index in [0.717, 1.165) is 117 Å². The number of carbonyl (C=O) groups excluding carboxylic acids is 2. The Morgan fingerprint density at radius 2 is 1.71 bits per heavy atom. The molecule has 8 heterocycles. The number of carboxylic acid groups (broad SMARTS) is 1. The molecule has 5 aromatic rings. The van der Waals surface area contributed by atoms with Gasteiger partial charge >= 0.3 is 23.5 Å². The lowest BCUT2D eigenvalue weighted by molar-refractivity contribution is -0.255. The fourth-order valence-corrected chi connectivity index (χ4v) is 16.6. The van der Waals surface area contributed by atoms with Gasteiger partial charge < -0.3 is 59.6 Å². The number of hydrogen-bond acceptors (Lipinski definition) is 19. The van der Waals surface area contributed by atoms with Crippen molar-refractivity contribution in [2.75, 3.05) is 55.9 Å². The maximum Gasteiger partial charge on any atom is 0.490 e. The third-order valence-corrected chi connectivity index (χ3v) is 21.3. The minimum Gasteiger partial charge on any atom is -0.545 e. The van der Waals surface area contributed by atoms with Crippen LogP contribution in [-0.2, 0) is 62.0 Å². The zero-order chi connectivity index (χ0) is 55.1. The second kappa shape index (κ2) is 21.2. The number of aromatic carboxylic acids is 1. The predicted octanol–water partition coefficient (Wildman–Crippen LogP) is 3.06. The summed E-state index contributed by atoms with van der Waals surface area (Å²) in [5.74, 6) is -0.628. The molecule has 6 aliphatic heterocycles. The highest BCUT2D eigenvalue weighted by Gasteiger charge is 2.44. The molecule has 11 rings (SSSR count). The number of aromatic nitrogens is 4. The van der Waals surface area contributed by atoms with E-state index in [-0.39, 0.29) is 47.1 Å². The third-order valence-electron chi connectivity index (χ3n) is 14.5. The molecule has 0 saturated carbocycles. The van der Waals surface area contributed by atoms with Crippen LogP contribution >= 0.6 is 45.1 Å². The molecule has 1 saturated heterocycles. The number of benzene rings is 3. The molecule has 416 valence electrons. The van der Waals surface area contributed by atoms with Crippen molar-refractivity contribution in [3.05, 3.63) is 102 Å². The van der Waals surface area contributed by atoms with Gasteiger partial charge in [-0.15, -0.1) is 0 Å². The summed E-state index contributed by atoms with van der Waals surface area (Å²) in [7, 11) is -14.4. The summed E-state index contributed by atoms with van der Waals surface area (Å²) in [5, 5.41) is 18.4. The second-order valence-corrected chi connectivity index (χ2v) is 27.8. The van der Waals surface area contributed by atoms with E-state index in [1.54, 1.807) is 12.1 Å². The smallest absolute Gasteiger partial charge is 0.490 e. The van der Waals surface area contributed by atoms with E-state index in [9.17, 15) is 43.0 Å². The minimum absolute atomic E-state index is 0.0110. The highest BCUT2D eigenvalue weighted by molar-refractivity contribution is 8.77. The molecule has 1 fully saturated rings. The van der Waals surface area contributed by atoms with Crippen LogP contribution in [0.3, 0.4) is 0 Å². The first-order valence-corrected chi connectivity index (χ1v) is 32.0. The first-order valence-electron chi connectivity index (χ1n) is 25.2. The lowest BCUT2D eigenvalue weighted by atomic mass is 9.81. The summed E-state index contributed by atoms with van der Waals surface area (Å²) >= 11 is 0. The molecule has 0 bridgehead atoms. The number of anilines is 2. The number of nitrogens with zero attached hydrogens (tertiary/aromatic N) is 5. The molecule has 0 aliphatic carbocycles. The van der Waals surface area contributed by atoms with Gasteiger partial charge in [-0.25, -0.2) is 23.3 Å². The van der Waals surface area contributed by atoms with Crippen molar-refractivity contribution >= 4 is 85.3 Å². The molecule has 78 heavy (non-hydrogen) atoms. The van der Waals surface area contributed by atoms with E-state index in [2.05, 4.69) is 50.5 Å². The summed E-state index contributed by atoms with van der Waals surface area (Å²) in [6.45, 7) is 6.96. The number of phosphoric ester groups is 1. The van der Waals surface area contributed by atoms with Crippen molar-refractivity contribution < 1.29 is 75.3 Å². The average Bonchev–Trinajstić information content (AvgIpc) is 3.90. The quantitative estimate of drug-likeness (QED) is 0.0214. The van der Waals surface area contributed by atoms with Crippen molar-refractivity contribution in [2.24, 2.45) is 0 Å². The van der Waals surface area contributed by atoms with Crippen LogP contribution in [0, 0.1) is 0 Å². The Kier molecular flexibility index (Phi) is 14.9. The number of nitrogens with two attached hydrogens (primary N) is 1. The Labute approximate surface area is 452 Å². The van der Waals surface area contributed by atoms with Crippen LogP contribution < -0.4 is 46.5 Å². The fraction of sp³-hybridized carbons (Fsp3) is 0.458. The van der Waals surface area contributed by atoms with Crippen molar-refractivity contribution in [3.63, 3.8) is 0 Å². The molecule has 3 aromatic carbocycles. The van der Waals surface area contributed by atoms with Crippen LogP contribution in [0.15, 0.2) is 41.5 Å². The van der Waals surface area contributed by atoms with E-state index in [0.29, 0.717) is 5.56 Å². The second-order valence-electron chi connectivity index (χ2n) is 20.4. The topological polar surface area (TPSA) is 353 Å². The predicted molar refractivity (Wildman–Crippen MR) is 283 cm³/mol. The van der Waals surface area contributed by atoms with Gasteiger partial charge in [0.05, 0.1) is 30.6 Å². The Hall–Kier alpha value is -4.95. The number of fused-ring (bicyclic) bond motifs is 5. The number of aromatic amines is 1. The number of nitrogens with one attached hydrogen (secondary N) is 2. The van der Waals surface area contributed by atoms with Crippen molar-refractivity contribution in [3.8, 4) is 11.5 Å². The van der Waals surface area contributed by atoms with Crippen LogP contribution in [0.1, 0.15) is 106 Å². The zero-order valence-electron chi connectivity index (χ0n) is 42.1. The summed E-state index contributed by atoms with van der Waals surface area (Å²) in [6, 6.07) is 9.13. The zero-order valence-corrected chi connectivity index (χ0v) is 46.4. The van der Waals surface area contributed by atoms with Gasteiger partial charge in [0.15, 0.2) is 11.2 Å². The Morgan fingerprint density at radius 1 is 0.962 bits per heavy atom. The average molecular weight is 1170 g/mol. The third kappa shape index (κ3) is 11.1. The molecular weight excluding hydrogens is 1120 g/mol. The van der Waals surface area contributed by atoms with E-state index in [1.807, 2.05) is 13.8 Å². The number of carbonyl (C=O) groups is 2. The Balaban J connectivity index is 0.801. The largest absolute Gasteiger partial charge is 0.545 e. The van der Waals surface area contributed by atoms with E-state index >= 15 is 0 Å². The normalized spacial score (nSPS) is 21.2. The number of carboxylic acids is 1. The van der Waals surface area contributed by atoms with Gasteiger partial charge in [0, 0.05) is 87.9 Å². The number of H-pyrrole nitrogens is 1. The Morgan fingerprint density at radius 3 is 2.47 bits per heavy atom. The van der Waals surface area contributed by atoms with Gasteiger partial charge in [-0.05, 0) is 87.8 Å². The molecule has 5 atom stereocenters. The van der Waals surface area contributed by atoms with E-state index < -0.39 is 70.7 Å². The van der Waals surface area contributed by atoms with Crippen molar-refractivity contribution in [1.82, 2.24) is 29.4 Å². The van der Waals surface area contributed by atoms with Gasteiger partial charge in [0.25, 0.3) is 11.5 Å². The standard InChI is InChI=1S/C48H55N8O17P3S2/c1-48(2,78-77-24-68-34-20-36(56-23-51-38-43(56)52-47(49)53-45(38)58)70-35(34)21-69-75(64,65)73-76(66,67)72-74(61,62)63)22-50-44(57)27-11-12-28(31(19-27)46(59)60)37-32-17-25-7-3-13-54-15-5-9-29(39(25)54)41(32)71-42-30-10-6-16-55-14-4-8-26(40(30)55)18-33(37)42/h11-12,17-19,23,34-36H,3-10,13-16,20-22,24H2,1-2H3,(H8-,49,50,52,53,57,58,59,60,61,62,63,64,65,66,67)/t34-,35-,36-/m1/s1. The van der Waals surface area contributed by atoms with Crippen LogP contribution in [-0.4, -0.2) is 113 Å². The molecular formula is C48H55N8O17P3S2. The van der Waals surface area contributed by atoms with Crippen LogP contribution in [0.4, 0.5) is 11.6 Å². The summed E-state index contributed by atoms with van der Waals surface area (Å²) < 4.78 is 70.9. The maximum atomic E-state index is 14.0. The van der Waals surface area contributed by atoms with Crippen molar-refractivity contribution in [2.45, 2.75) is 94.8 Å². The van der Waals surface area contributed by atoms with E-state index in [1.165, 1.54) is 60.7 Å².